The van der Waals surface area contributed by atoms with E-state index in [1.807, 2.05) is 4.90 Å². The van der Waals surface area contributed by atoms with Crippen LogP contribution >= 0.6 is 0 Å². The second-order valence-electron chi connectivity index (χ2n) is 3.15. The molecule has 5 nitrogen and oxygen atoms in total. The first-order valence-corrected chi connectivity index (χ1v) is 4.32. The van der Waals surface area contributed by atoms with Gasteiger partial charge in [0.05, 0.1) is 0 Å². The standard InChI is InChI=1S/C8H11N3O2/c1-6-9-8(13-10-6)11-4-2-7(12)3-5-11/h2-5H2,1H3. The number of rotatable bonds is 1. The molecular weight excluding hydrogens is 170 g/mol. The summed E-state index contributed by atoms with van der Waals surface area (Å²) in [5, 5.41) is 3.70. The molecule has 1 aromatic heterocycles. The van der Waals surface area contributed by atoms with Gasteiger partial charge >= 0.3 is 6.01 Å². The summed E-state index contributed by atoms with van der Waals surface area (Å²) in [5.41, 5.74) is 0. The first-order chi connectivity index (χ1) is 6.25. The van der Waals surface area contributed by atoms with Gasteiger partial charge in [0.15, 0.2) is 5.82 Å². The Balaban J connectivity index is 2.06. The van der Waals surface area contributed by atoms with Crippen molar-refractivity contribution in [3.63, 3.8) is 0 Å². The molecule has 0 atom stereocenters. The largest absolute Gasteiger partial charge is 0.324 e. The highest BCUT2D eigenvalue weighted by Gasteiger charge is 2.20. The van der Waals surface area contributed by atoms with Gasteiger partial charge in [0.1, 0.15) is 5.78 Å². The molecule has 0 aromatic carbocycles. The van der Waals surface area contributed by atoms with Crippen LogP contribution in [0.2, 0.25) is 0 Å². The van der Waals surface area contributed by atoms with E-state index in [4.69, 9.17) is 4.52 Å². The maximum atomic E-state index is 11.0. The summed E-state index contributed by atoms with van der Waals surface area (Å²) in [4.78, 5) is 17.0. The highest BCUT2D eigenvalue weighted by molar-refractivity contribution is 5.80. The molecule has 0 saturated carbocycles. The Morgan fingerprint density at radius 2 is 2.08 bits per heavy atom. The van der Waals surface area contributed by atoms with E-state index in [0.29, 0.717) is 43.6 Å². The van der Waals surface area contributed by atoms with Crippen molar-refractivity contribution in [3.05, 3.63) is 5.82 Å². The molecule has 0 aliphatic carbocycles. The van der Waals surface area contributed by atoms with Crippen LogP contribution < -0.4 is 4.90 Å². The quantitative estimate of drug-likeness (QED) is 0.633. The zero-order valence-electron chi connectivity index (χ0n) is 7.49. The zero-order chi connectivity index (χ0) is 9.26. The third-order valence-corrected chi connectivity index (χ3v) is 2.11. The van der Waals surface area contributed by atoms with Crippen LogP contribution in [0.3, 0.4) is 0 Å². The van der Waals surface area contributed by atoms with Crippen LogP contribution in [0, 0.1) is 6.92 Å². The number of Topliss-reactive ketones (excluding diaryl/α,β-unsaturated/α-hetero) is 1. The van der Waals surface area contributed by atoms with E-state index in [-0.39, 0.29) is 0 Å². The highest BCUT2D eigenvalue weighted by atomic mass is 16.5. The molecule has 1 aliphatic rings. The number of carbonyl (C=O) groups excluding carboxylic acids is 1. The van der Waals surface area contributed by atoms with Crippen LogP contribution in [0.1, 0.15) is 18.7 Å². The van der Waals surface area contributed by atoms with Gasteiger partial charge in [0.25, 0.3) is 0 Å². The highest BCUT2D eigenvalue weighted by Crippen LogP contribution is 2.15. The molecule has 0 N–H and O–H groups in total. The predicted octanol–water partition coefficient (Wildman–Crippen LogP) is 0.547. The molecule has 1 fully saturated rings. The smallest absolute Gasteiger partial charge is 0.324 e. The summed E-state index contributed by atoms with van der Waals surface area (Å²) < 4.78 is 4.99. The van der Waals surface area contributed by atoms with Crippen LogP contribution in [-0.4, -0.2) is 29.0 Å². The van der Waals surface area contributed by atoms with Gasteiger partial charge in [0.2, 0.25) is 0 Å². The summed E-state index contributed by atoms with van der Waals surface area (Å²) in [7, 11) is 0. The van der Waals surface area contributed by atoms with E-state index >= 15 is 0 Å². The van der Waals surface area contributed by atoms with Crippen molar-refractivity contribution in [1.29, 1.82) is 0 Å². The number of hydrogen-bond acceptors (Lipinski definition) is 5. The number of hydrogen-bond donors (Lipinski definition) is 0. The molecule has 13 heavy (non-hydrogen) atoms. The van der Waals surface area contributed by atoms with Gasteiger partial charge < -0.3 is 9.42 Å². The van der Waals surface area contributed by atoms with Crippen LogP contribution in [0.5, 0.6) is 0 Å². The topological polar surface area (TPSA) is 59.2 Å². The number of anilines is 1. The van der Waals surface area contributed by atoms with Crippen LogP contribution in [0.4, 0.5) is 6.01 Å². The molecule has 2 heterocycles. The molecule has 2 rings (SSSR count). The van der Waals surface area contributed by atoms with E-state index in [2.05, 4.69) is 10.1 Å². The summed E-state index contributed by atoms with van der Waals surface area (Å²) >= 11 is 0. The molecule has 0 unspecified atom stereocenters. The monoisotopic (exact) mass is 181 g/mol. The molecule has 1 saturated heterocycles. The van der Waals surface area contributed by atoms with Crippen molar-refractivity contribution in [2.24, 2.45) is 0 Å². The maximum Gasteiger partial charge on any atom is 0.324 e. The van der Waals surface area contributed by atoms with Gasteiger partial charge in [-0.15, -0.1) is 0 Å². The lowest BCUT2D eigenvalue weighted by Gasteiger charge is -2.23. The second kappa shape index (κ2) is 3.16. The molecule has 0 radical (unpaired) electrons. The summed E-state index contributed by atoms with van der Waals surface area (Å²) in [6.07, 6.45) is 1.17. The van der Waals surface area contributed by atoms with E-state index in [1.165, 1.54) is 0 Å². The Kier molecular flexibility index (Phi) is 2.00. The van der Waals surface area contributed by atoms with E-state index in [0.717, 1.165) is 0 Å². The molecule has 70 valence electrons. The summed E-state index contributed by atoms with van der Waals surface area (Å²) in [6, 6.07) is 0.532. The Labute approximate surface area is 75.7 Å². The number of ketones is 1. The van der Waals surface area contributed by atoms with Crippen LogP contribution in [0.25, 0.3) is 0 Å². The van der Waals surface area contributed by atoms with E-state index in [1.54, 1.807) is 6.92 Å². The van der Waals surface area contributed by atoms with Crippen molar-refractivity contribution < 1.29 is 9.32 Å². The van der Waals surface area contributed by atoms with Gasteiger partial charge in [-0.1, -0.05) is 5.16 Å². The van der Waals surface area contributed by atoms with Gasteiger partial charge in [0, 0.05) is 25.9 Å². The van der Waals surface area contributed by atoms with Crippen molar-refractivity contribution in [2.75, 3.05) is 18.0 Å². The lowest BCUT2D eigenvalue weighted by Crippen LogP contribution is -2.33. The normalized spacial score (nSPS) is 17.9. The fourth-order valence-electron chi connectivity index (χ4n) is 1.36. The number of aromatic nitrogens is 2. The minimum absolute atomic E-state index is 0.312. The van der Waals surface area contributed by atoms with E-state index < -0.39 is 0 Å². The molecule has 5 heteroatoms. The lowest BCUT2D eigenvalue weighted by atomic mass is 10.1. The third kappa shape index (κ3) is 1.68. The third-order valence-electron chi connectivity index (χ3n) is 2.11. The average Bonchev–Trinajstić information content (AvgIpc) is 2.53. The van der Waals surface area contributed by atoms with Gasteiger partial charge in [-0.25, -0.2) is 0 Å². The average molecular weight is 181 g/mol. The number of carbonyl (C=O) groups is 1. The predicted molar refractivity (Wildman–Crippen MR) is 45.5 cm³/mol. The number of nitrogens with zero attached hydrogens (tertiary/aromatic N) is 3. The number of aryl methyl sites for hydroxylation is 1. The van der Waals surface area contributed by atoms with Crippen molar-refractivity contribution in [2.45, 2.75) is 19.8 Å². The first kappa shape index (κ1) is 8.22. The fraction of sp³-hybridized carbons (Fsp3) is 0.625. The Bertz CT molecular complexity index is 311. The SMILES string of the molecule is Cc1noc(N2CCC(=O)CC2)n1. The Hall–Kier alpha value is -1.39. The number of piperidine rings is 1. The second-order valence-corrected chi connectivity index (χ2v) is 3.15. The molecule has 0 amide bonds. The van der Waals surface area contributed by atoms with Crippen molar-refractivity contribution >= 4 is 11.8 Å². The minimum atomic E-state index is 0.312. The van der Waals surface area contributed by atoms with Gasteiger partial charge in [-0.2, -0.15) is 4.98 Å². The van der Waals surface area contributed by atoms with Crippen LogP contribution in [0.15, 0.2) is 4.52 Å². The van der Waals surface area contributed by atoms with Gasteiger partial charge in [-0.3, -0.25) is 4.79 Å². The fourth-order valence-corrected chi connectivity index (χ4v) is 1.36. The maximum absolute atomic E-state index is 11.0. The molecule has 1 aromatic rings. The Morgan fingerprint density at radius 3 is 2.62 bits per heavy atom. The van der Waals surface area contributed by atoms with E-state index in [9.17, 15) is 4.79 Å². The minimum Gasteiger partial charge on any atom is -0.324 e. The lowest BCUT2D eigenvalue weighted by molar-refractivity contribution is -0.119. The zero-order valence-corrected chi connectivity index (χ0v) is 7.49. The summed E-state index contributed by atoms with van der Waals surface area (Å²) in [5.74, 6) is 0.944. The van der Waals surface area contributed by atoms with Crippen molar-refractivity contribution in [1.82, 2.24) is 10.1 Å². The van der Waals surface area contributed by atoms with Crippen LogP contribution in [-0.2, 0) is 4.79 Å². The first-order valence-electron chi connectivity index (χ1n) is 4.32. The molecule has 1 aliphatic heterocycles. The summed E-state index contributed by atoms with van der Waals surface area (Å²) in [6.45, 7) is 3.17. The Morgan fingerprint density at radius 1 is 1.38 bits per heavy atom. The molecule has 0 bridgehead atoms. The molecule has 0 spiro atoms. The van der Waals surface area contributed by atoms with Crippen molar-refractivity contribution in [3.8, 4) is 0 Å². The molecular formula is C8H11N3O2. The van der Waals surface area contributed by atoms with Gasteiger partial charge in [-0.05, 0) is 6.92 Å².